The fourth-order valence-corrected chi connectivity index (χ4v) is 0.454. The molecule has 0 unspecified atom stereocenters. The van der Waals surface area contributed by atoms with Gasteiger partial charge in [-0.1, -0.05) is 45.7 Å². The third kappa shape index (κ3) is 43.0. The van der Waals surface area contributed by atoms with Crippen LogP contribution in [-0.4, -0.2) is 5.75 Å². The molecule has 0 bridgehead atoms. The van der Waals surface area contributed by atoms with E-state index in [-0.39, 0.29) is 0 Å². The van der Waals surface area contributed by atoms with E-state index in [1.54, 1.807) is 0 Å². The summed E-state index contributed by atoms with van der Waals surface area (Å²) in [5.74, 6) is 0.990. The Labute approximate surface area is 70.2 Å². The van der Waals surface area contributed by atoms with Crippen LogP contribution in [0.4, 0.5) is 0 Å². The second kappa shape index (κ2) is 35.8. The average Bonchev–Trinajstić information content (AvgIpc) is 2.08. The van der Waals surface area contributed by atoms with Crippen molar-refractivity contribution in [1.82, 2.24) is 0 Å². The first-order chi connectivity index (χ1) is 4.91. The highest BCUT2D eigenvalue weighted by molar-refractivity contribution is 7.97. The van der Waals surface area contributed by atoms with Gasteiger partial charge in [0, 0.05) is 5.75 Å². The highest BCUT2D eigenvalue weighted by atomic mass is 32.2. The fraction of sp³-hybridized carbons (Fsp3) is 0.750. The summed E-state index contributed by atoms with van der Waals surface area (Å²) in [6.07, 6.45) is 2.88. The van der Waals surface area contributed by atoms with Crippen LogP contribution in [0, 0.1) is 0 Å². The van der Waals surface area contributed by atoms with Gasteiger partial charge in [0.2, 0.25) is 0 Å². The lowest BCUT2D eigenvalue weighted by molar-refractivity contribution is 1.25. The molecule has 0 saturated heterocycles. The van der Waals surface area contributed by atoms with Crippen molar-refractivity contribution in [3.8, 4) is 0 Å². The minimum absolute atomic E-state index is 0.990. The number of rotatable bonds is 3. The number of hydrogen-bond acceptors (Lipinski definition) is 2. The highest BCUT2D eigenvalue weighted by Crippen LogP contribution is 1.88. The van der Waals surface area contributed by atoms with Gasteiger partial charge < -0.3 is 0 Å². The molecule has 0 saturated carbocycles. The molecule has 0 aromatic heterocycles. The topological polar surface area (TPSA) is 26.0 Å². The SMILES string of the molecule is C=CCCSN.CC.CC. The van der Waals surface area contributed by atoms with Crippen molar-refractivity contribution in [1.29, 1.82) is 0 Å². The van der Waals surface area contributed by atoms with E-state index in [9.17, 15) is 0 Å². The van der Waals surface area contributed by atoms with Gasteiger partial charge in [-0.3, -0.25) is 5.14 Å². The minimum atomic E-state index is 0.990. The maximum atomic E-state index is 5.08. The van der Waals surface area contributed by atoms with Gasteiger partial charge in [0.25, 0.3) is 0 Å². The molecule has 0 aliphatic carbocycles. The smallest absolute Gasteiger partial charge is 0.0111 e. The first-order valence-electron chi connectivity index (χ1n) is 3.84. The molecule has 2 heteroatoms. The van der Waals surface area contributed by atoms with Crippen molar-refractivity contribution < 1.29 is 0 Å². The second-order valence-corrected chi connectivity index (χ2v) is 1.69. The molecule has 2 N–H and O–H groups in total. The molecule has 0 rings (SSSR count). The normalized spacial score (nSPS) is 6.10. The van der Waals surface area contributed by atoms with Gasteiger partial charge in [-0.25, -0.2) is 0 Å². The second-order valence-electron chi connectivity index (χ2n) is 0.948. The minimum Gasteiger partial charge on any atom is -0.278 e. The Balaban J connectivity index is -0.000000105. The molecule has 10 heavy (non-hydrogen) atoms. The maximum absolute atomic E-state index is 5.08. The van der Waals surface area contributed by atoms with Crippen LogP contribution < -0.4 is 5.14 Å². The van der Waals surface area contributed by atoms with E-state index in [1.807, 2.05) is 33.8 Å². The van der Waals surface area contributed by atoms with Gasteiger partial charge in [-0.05, 0) is 6.42 Å². The first-order valence-corrected chi connectivity index (χ1v) is 4.89. The van der Waals surface area contributed by atoms with Gasteiger partial charge in [0.1, 0.15) is 0 Å². The van der Waals surface area contributed by atoms with Crippen molar-refractivity contribution in [3.05, 3.63) is 12.7 Å². The molecule has 0 aromatic carbocycles. The Hall–Kier alpha value is 0.0500. The molecular formula is C8H21NS. The number of allylic oxidation sites excluding steroid dienone is 1. The predicted octanol–water partition coefficient (Wildman–Crippen LogP) is 3.22. The summed E-state index contributed by atoms with van der Waals surface area (Å²) in [5.41, 5.74) is 0. The summed E-state index contributed by atoms with van der Waals surface area (Å²) >= 11 is 1.35. The van der Waals surface area contributed by atoms with Crippen molar-refractivity contribution in [3.63, 3.8) is 0 Å². The lowest BCUT2D eigenvalue weighted by atomic mass is 10.5. The molecule has 0 heterocycles. The summed E-state index contributed by atoms with van der Waals surface area (Å²) in [4.78, 5) is 0. The van der Waals surface area contributed by atoms with E-state index < -0.39 is 0 Å². The van der Waals surface area contributed by atoms with Crippen LogP contribution in [0.5, 0.6) is 0 Å². The standard InChI is InChI=1S/C4H9NS.2C2H6/c1-2-3-4-6-5;2*1-2/h2H,1,3-5H2;2*1-2H3. The average molecular weight is 163 g/mol. The van der Waals surface area contributed by atoms with Crippen LogP contribution in [0.25, 0.3) is 0 Å². The van der Waals surface area contributed by atoms with Crippen LogP contribution in [0.15, 0.2) is 12.7 Å². The molecule has 64 valence electrons. The Morgan fingerprint density at radius 1 is 1.30 bits per heavy atom. The van der Waals surface area contributed by atoms with E-state index >= 15 is 0 Å². The van der Waals surface area contributed by atoms with Crippen LogP contribution in [0.3, 0.4) is 0 Å². The number of nitrogens with two attached hydrogens (primary N) is 1. The quantitative estimate of drug-likeness (QED) is 0.393. The molecular weight excluding hydrogens is 142 g/mol. The Kier molecular flexibility index (Phi) is 59.2. The first kappa shape index (κ1) is 16.6. The molecule has 1 nitrogen and oxygen atoms in total. The summed E-state index contributed by atoms with van der Waals surface area (Å²) in [6.45, 7) is 11.5. The maximum Gasteiger partial charge on any atom is 0.0111 e. The van der Waals surface area contributed by atoms with E-state index in [2.05, 4.69) is 6.58 Å². The predicted molar refractivity (Wildman–Crippen MR) is 54.2 cm³/mol. The lowest BCUT2D eigenvalue weighted by Crippen LogP contribution is -1.80. The van der Waals surface area contributed by atoms with Crippen molar-refractivity contribution in [2.24, 2.45) is 5.14 Å². The summed E-state index contributed by atoms with van der Waals surface area (Å²) in [6, 6.07) is 0. The Morgan fingerprint density at radius 2 is 1.70 bits per heavy atom. The fourth-order valence-electron chi connectivity index (χ4n) is 0.151. The Bertz CT molecular complexity index is 38.2. The molecule has 0 aliphatic heterocycles. The van der Waals surface area contributed by atoms with E-state index in [0.29, 0.717) is 0 Å². The van der Waals surface area contributed by atoms with Crippen LogP contribution in [0.2, 0.25) is 0 Å². The largest absolute Gasteiger partial charge is 0.278 e. The third-order valence-corrected chi connectivity index (χ3v) is 0.911. The molecule has 0 atom stereocenters. The molecule has 0 aliphatic rings. The van der Waals surface area contributed by atoms with Crippen LogP contribution in [0.1, 0.15) is 34.1 Å². The van der Waals surface area contributed by atoms with Gasteiger partial charge in [0.15, 0.2) is 0 Å². The lowest BCUT2D eigenvalue weighted by Gasteiger charge is -1.82. The molecule has 0 aromatic rings. The summed E-state index contributed by atoms with van der Waals surface area (Å²) < 4.78 is 0. The molecule has 0 spiro atoms. The summed E-state index contributed by atoms with van der Waals surface area (Å²) in [7, 11) is 0. The van der Waals surface area contributed by atoms with E-state index in [1.165, 1.54) is 11.9 Å². The zero-order valence-electron chi connectivity index (χ0n) is 7.68. The van der Waals surface area contributed by atoms with Crippen molar-refractivity contribution >= 4 is 11.9 Å². The third-order valence-electron chi connectivity index (χ3n) is 0.440. The number of hydrogen-bond donors (Lipinski definition) is 1. The van der Waals surface area contributed by atoms with Gasteiger partial charge >= 0.3 is 0 Å². The zero-order valence-corrected chi connectivity index (χ0v) is 8.50. The van der Waals surface area contributed by atoms with Crippen molar-refractivity contribution in [2.45, 2.75) is 34.1 Å². The van der Waals surface area contributed by atoms with Crippen LogP contribution >= 0.6 is 11.9 Å². The van der Waals surface area contributed by atoms with Crippen LogP contribution in [-0.2, 0) is 0 Å². The van der Waals surface area contributed by atoms with Crippen molar-refractivity contribution in [2.75, 3.05) is 5.75 Å². The van der Waals surface area contributed by atoms with Gasteiger partial charge in [-0.15, -0.1) is 6.58 Å². The molecule has 0 fully saturated rings. The van der Waals surface area contributed by atoms with Gasteiger partial charge in [0.05, 0.1) is 0 Å². The van der Waals surface area contributed by atoms with Gasteiger partial charge in [-0.2, -0.15) is 0 Å². The van der Waals surface area contributed by atoms with E-state index in [0.717, 1.165) is 12.2 Å². The Morgan fingerprint density at radius 3 is 1.80 bits per heavy atom. The molecule has 0 radical (unpaired) electrons. The zero-order chi connectivity index (χ0) is 8.83. The molecule has 0 amide bonds. The van der Waals surface area contributed by atoms with E-state index in [4.69, 9.17) is 5.14 Å². The highest BCUT2D eigenvalue weighted by Gasteiger charge is 1.71. The summed E-state index contributed by atoms with van der Waals surface area (Å²) in [5, 5.41) is 5.08. The monoisotopic (exact) mass is 163 g/mol.